The van der Waals surface area contributed by atoms with Crippen molar-refractivity contribution < 1.29 is 14.3 Å². The van der Waals surface area contributed by atoms with Crippen LogP contribution in [0, 0.1) is 0 Å². The maximum absolute atomic E-state index is 12.1. The van der Waals surface area contributed by atoms with Gasteiger partial charge in [0.2, 0.25) is 0 Å². The van der Waals surface area contributed by atoms with Crippen LogP contribution in [0.25, 0.3) is 0 Å². The molecule has 1 aromatic rings. The minimum atomic E-state index is -0.455. The Morgan fingerprint density at radius 1 is 1.19 bits per heavy atom. The van der Waals surface area contributed by atoms with Crippen molar-refractivity contribution in [3.05, 3.63) is 12.4 Å². The molecule has 0 saturated carbocycles. The second-order valence-corrected chi connectivity index (χ2v) is 7.75. The van der Waals surface area contributed by atoms with Gasteiger partial charge in [-0.25, -0.2) is 14.8 Å². The second kappa shape index (κ2) is 8.07. The van der Waals surface area contributed by atoms with Crippen molar-refractivity contribution in [2.75, 3.05) is 49.6 Å². The van der Waals surface area contributed by atoms with Gasteiger partial charge in [-0.3, -0.25) is 0 Å². The third-order valence-corrected chi connectivity index (χ3v) is 4.49. The molecule has 0 spiro atoms. The summed E-state index contributed by atoms with van der Waals surface area (Å²) in [5.41, 5.74) is -0.455. The number of hydrogen-bond donors (Lipinski definition) is 1. The van der Waals surface area contributed by atoms with E-state index in [9.17, 15) is 4.79 Å². The molecule has 3 rings (SSSR count). The number of carbonyl (C=O) groups excluding carboxylic acids is 1. The summed E-state index contributed by atoms with van der Waals surface area (Å²) in [7, 11) is 0. The van der Waals surface area contributed by atoms with Crippen LogP contribution in [0.1, 0.15) is 33.6 Å². The topological polar surface area (TPSA) is 79.8 Å². The van der Waals surface area contributed by atoms with Gasteiger partial charge in [0.05, 0.1) is 13.2 Å². The number of amides is 1. The molecule has 2 saturated heterocycles. The summed E-state index contributed by atoms with van der Waals surface area (Å²) in [5, 5.41) is 3.48. The van der Waals surface area contributed by atoms with E-state index in [1.165, 1.54) is 0 Å². The Balaban J connectivity index is 1.51. The number of ether oxygens (including phenoxy) is 2. The molecule has 26 heavy (non-hydrogen) atoms. The molecule has 2 aliphatic rings. The summed E-state index contributed by atoms with van der Waals surface area (Å²) >= 11 is 0. The monoisotopic (exact) mass is 363 g/mol. The zero-order chi connectivity index (χ0) is 18.6. The first-order valence-electron chi connectivity index (χ1n) is 9.30. The Bertz CT molecular complexity index is 605. The Morgan fingerprint density at radius 3 is 2.54 bits per heavy atom. The fourth-order valence-electron chi connectivity index (χ4n) is 3.13. The minimum absolute atomic E-state index is 0.229. The largest absolute Gasteiger partial charge is 0.444 e. The lowest BCUT2D eigenvalue weighted by Gasteiger charge is -2.34. The predicted octanol–water partition coefficient (Wildman–Crippen LogP) is 2.12. The smallest absolute Gasteiger partial charge is 0.410 e. The normalized spacial score (nSPS) is 19.3. The number of rotatable bonds is 3. The maximum Gasteiger partial charge on any atom is 0.410 e. The minimum Gasteiger partial charge on any atom is -0.444 e. The summed E-state index contributed by atoms with van der Waals surface area (Å²) in [6.07, 6.45) is 3.11. The van der Waals surface area contributed by atoms with E-state index in [-0.39, 0.29) is 6.09 Å². The lowest BCUT2D eigenvalue weighted by Crippen LogP contribution is -2.44. The molecule has 1 aromatic heterocycles. The third kappa shape index (κ3) is 5.20. The molecule has 144 valence electrons. The van der Waals surface area contributed by atoms with Gasteiger partial charge in [-0.05, 0) is 33.6 Å². The lowest BCUT2D eigenvalue weighted by atomic mass is 10.1. The first kappa shape index (κ1) is 18.7. The first-order valence-corrected chi connectivity index (χ1v) is 9.30. The van der Waals surface area contributed by atoms with Crippen LogP contribution in [0.4, 0.5) is 16.4 Å². The Morgan fingerprint density at radius 2 is 1.88 bits per heavy atom. The molecule has 0 bridgehead atoms. The van der Waals surface area contributed by atoms with Gasteiger partial charge in [0.1, 0.15) is 23.6 Å². The van der Waals surface area contributed by atoms with Crippen molar-refractivity contribution in [1.29, 1.82) is 0 Å². The van der Waals surface area contributed by atoms with E-state index in [4.69, 9.17) is 9.47 Å². The molecule has 2 aliphatic heterocycles. The number of likely N-dealkylation sites (tertiary alicyclic amines) is 1. The van der Waals surface area contributed by atoms with Crippen molar-refractivity contribution in [3.8, 4) is 0 Å². The van der Waals surface area contributed by atoms with Gasteiger partial charge < -0.3 is 24.6 Å². The molecule has 1 N–H and O–H groups in total. The molecule has 3 heterocycles. The fraction of sp³-hybridized carbons (Fsp3) is 0.722. The molecular weight excluding hydrogens is 334 g/mol. The second-order valence-electron chi connectivity index (χ2n) is 7.75. The summed E-state index contributed by atoms with van der Waals surface area (Å²) in [6, 6.07) is 2.28. The summed E-state index contributed by atoms with van der Waals surface area (Å²) < 4.78 is 10.8. The number of morpholine rings is 1. The molecule has 8 nitrogen and oxygen atoms in total. The Kier molecular flexibility index (Phi) is 5.80. The van der Waals surface area contributed by atoms with Crippen molar-refractivity contribution in [2.24, 2.45) is 0 Å². The molecule has 0 aliphatic carbocycles. The van der Waals surface area contributed by atoms with Crippen LogP contribution in [0.2, 0.25) is 0 Å². The fourth-order valence-corrected chi connectivity index (χ4v) is 3.13. The van der Waals surface area contributed by atoms with Crippen LogP contribution in [0.3, 0.4) is 0 Å². The number of piperidine rings is 1. The van der Waals surface area contributed by atoms with Crippen LogP contribution in [-0.2, 0) is 9.47 Å². The molecular formula is C18H29N5O3. The van der Waals surface area contributed by atoms with E-state index < -0.39 is 5.60 Å². The molecule has 0 aromatic carbocycles. The van der Waals surface area contributed by atoms with Crippen LogP contribution >= 0.6 is 0 Å². The molecule has 0 radical (unpaired) electrons. The van der Waals surface area contributed by atoms with Crippen LogP contribution < -0.4 is 10.2 Å². The third-order valence-electron chi connectivity index (χ3n) is 4.49. The number of hydrogen-bond acceptors (Lipinski definition) is 7. The quantitative estimate of drug-likeness (QED) is 0.881. The van der Waals surface area contributed by atoms with Crippen molar-refractivity contribution in [2.45, 2.75) is 45.3 Å². The van der Waals surface area contributed by atoms with Crippen molar-refractivity contribution in [1.82, 2.24) is 14.9 Å². The number of carbonyl (C=O) groups is 1. The molecule has 2 fully saturated rings. The Hall–Kier alpha value is -2.09. The highest BCUT2D eigenvalue weighted by molar-refractivity contribution is 5.68. The van der Waals surface area contributed by atoms with Crippen molar-refractivity contribution in [3.63, 3.8) is 0 Å². The van der Waals surface area contributed by atoms with Gasteiger partial charge >= 0.3 is 6.09 Å². The van der Waals surface area contributed by atoms with Crippen LogP contribution in [0.15, 0.2) is 12.4 Å². The van der Waals surface area contributed by atoms with Gasteiger partial charge in [0.25, 0.3) is 0 Å². The highest BCUT2D eigenvalue weighted by Gasteiger charge is 2.27. The van der Waals surface area contributed by atoms with Gasteiger partial charge in [-0.15, -0.1) is 0 Å². The zero-order valence-corrected chi connectivity index (χ0v) is 15.9. The van der Waals surface area contributed by atoms with E-state index in [0.717, 1.165) is 50.8 Å². The first-order chi connectivity index (χ1) is 12.4. The predicted molar refractivity (Wildman–Crippen MR) is 99.5 cm³/mol. The molecule has 0 unspecified atom stereocenters. The van der Waals surface area contributed by atoms with E-state index in [2.05, 4.69) is 20.2 Å². The van der Waals surface area contributed by atoms with E-state index >= 15 is 0 Å². The van der Waals surface area contributed by atoms with E-state index in [1.54, 1.807) is 11.2 Å². The number of anilines is 2. The number of nitrogens with one attached hydrogen (secondary N) is 1. The average molecular weight is 363 g/mol. The molecule has 1 amide bonds. The SMILES string of the molecule is CC(C)(C)OC(=O)N1CCC(Nc2cc(N3CCOCC3)ncn2)CC1. The van der Waals surface area contributed by atoms with Gasteiger partial charge in [0.15, 0.2) is 0 Å². The highest BCUT2D eigenvalue weighted by atomic mass is 16.6. The maximum atomic E-state index is 12.1. The van der Waals surface area contributed by atoms with Crippen LogP contribution in [0.5, 0.6) is 0 Å². The standard InChI is InChI=1S/C18H29N5O3/c1-18(2,3)26-17(24)23-6-4-14(5-7-23)21-15-12-16(20-13-19-15)22-8-10-25-11-9-22/h12-14H,4-11H2,1-3H3,(H,19,20,21). The van der Waals surface area contributed by atoms with Gasteiger partial charge in [0, 0.05) is 38.3 Å². The van der Waals surface area contributed by atoms with E-state index in [0.29, 0.717) is 19.1 Å². The van der Waals surface area contributed by atoms with Crippen molar-refractivity contribution >= 4 is 17.7 Å². The highest BCUT2D eigenvalue weighted by Crippen LogP contribution is 2.20. The zero-order valence-electron chi connectivity index (χ0n) is 15.9. The molecule has 8 heteroatoms. The van der Waals surface area contributed by atoms with Gasteiger partial charge in [-0.2, -0.15) is 0 Å². The van der Waals surface area contributed by atoms with E-state index in [1.807, 2.05) is 26.8 Å². The summed E-state index contributed by atoms with van der Waals surface area (Å²) in [5.74, 6) is 1.76. The summed E-state index contributed by atoms with van der Waals surface area (Å²) in [4.78, 5) is 24.9. The Labute approximate surface area is 154 Å². The summed E-state index contributed by atoms with van der Waals surface area (Å²) in [6.45, 7) is 10.2. The average Bonchev–Trinajstić information content (AvgIpc) is 2.62. The van der Waals surface area contributed by atoms with Gasteiger partial charge in [-0.1, -0.05) is 0 Å². The number of nitrogens with zero attached hydrogens (tertiary/aromatic N) is 4. The lowest BCUT2D eigenvalue weighted by molar-refractivity contribution is 0.0210. The molecule has 0 atom stereocenters. The van der Waals surface area contributed by atoms with Crippen LogP contribution in [-0.4, -0.2) is 72.0 Å². The number of aromatic nitrogens is 2.